The summed E-state index contributed by atoms with van der Waals surface area (Å²) in [7, 11) is 0. The van der Waals surface area contributed by atoms with Crippen molar-refractivity contribution in [1.82, 2.24) is 4.98 Å². The lowest BCUT2D eigenvalue weighted by Gasteiger charge is -2.16. The number of aromatic nitrogens is 1. The SMILES string of the molecule is CC(Nc1ccccc1Oc1ccccc1)c1nccs1. The van der Waals surface area contributed by atoms with Crippen LogP contribution < -0.4 is 10.1 Å². The predicted molar refractivity (Wildman–Crippen MR) is 87.1 cm³/mol. The third-order valence-corrected chi connectivity index (χ3v) is 4.01. The molecule has 0 aliphatic rings. The zero-order valence-electron chi connectivity index (χ0n) is 11.7. The third-order valence-electron chi connectivity index (χ3n) is 3.05. The second kappa shape index (κ2) is 6.41. The monoisotopic (exact) mass is 296 g/mol. The Morgan fingerprint density at radius 1 is 1.05 bits per heavy atom. The lowest BCUT2D eigenvalue weighted by atomic mass is 10.2. The summed E-state index contributed by atoms with van der Waals surface area (Å²) in [6, 6.07) is 17.9. The highest BCUT2D eigenvalue weighted by atomic mass is 32.1. The van der Waals surface area contributed by atoms with Gasteiger partial charge in [-0.1, -0.05) is 30.3 Å². The molecule has 0 aliphatic heterocycles. The maximum absolute atomic E-state index is 5.95. The van der Waals surface area contributed by atoms with Crippen LogP contribution in [0.2, 0.25) is 0 Å². The zero-order chi connectivity index (χ0) is 14.5. The zero-order valence-corrected chi connectivity index (χ0v) is 12.5. The van der Waals surface area contributed by atoms with Crippen molar-refractivity contribution in [3.8, 4) is 11.5 Å². The molecule has 0 amide bonds. The minimum atomic E-state index is 0.144. The van der Waals surface area contributed by atoms with E-state index < -0.39 is 0 Å². The molecular formula is C17H16N2OS. The van der Waals surface area contributed by atoms with E-state index in [0.717, 1.165) is 22.2 Å². The van der Waals surface area contributed by atoms with E-state index in [0.29, 0.717) is 0 Å². The second-order valence-corrected chi connectivity index (χ2v) is 5.57. The van der Waals surface area contributed by atoms with Gasteiger partial charge >= 0.3 is 0 Å². The van der Waals surface area contributed by atoms with Crippen LogP contribution in [0.15, 0.2) is 66.2 Å². The van der Waals surface area contributed by atoms with Crippen LogP contribution in [0, 0.1) is 0 Å². The predicted octanol–water partition coefficient (Wildman–Crippen LogP) is 5.11. The largest absolute Gasteiger partial charge is 0.455 e. The molecule has 3 nitrogen and oxygen atoms in total. The molecule has 0 spiro atoms. The molecule has 0 aliphatic carbocycles. The number of nitrogens with zero attached hydrogens (tertiary/aromatic N) is 1. The Labute approximate surface area is 128 Å². The van der Waals surface area contributed by atoms with Crippen LogP contribution in [-0.2, 0) is 0 Å². The number of anilines is 1. The number of para-hydroxylation sites is 3. The summed E-state index contributed by atoms with van der Waals surface area (Å²) in [6.07, 6.45) is 1.82. The van der Waals surface area contributed by atoms with E-state index in [-0.39, 0.29) is 6.04 Å². The van der Waals surface area contributed by atoms with Crippen molar-refractivity contribution in [2.24, 2.45) is 0 Å². The molecule has 1 unspecified atom stereocenters. The number of hydrogen-bond acceptors (Lipinski definition) is 4. The third kappa shape index (κ3) is 3.41. The van der Waals surface area contributed by atoms with E-state index in [4.69, 9.17) is 4.74 Å². The summed E-state index contributed by atoms with van der Waals surface area (Å²) >= 11 is 1.65. The van der Waals surface area contributed by atoms with Crippen LogP contribution in [0.25, 0.3) is 0 Å². The van der Waals surface area contributed by atoms with Crippen LogP contribution in [-0.4, -0.2) is 4.98 Å². The topological polar surface area (TPSA) is 34.1 Å². The quantitative estimate of drug-likeness (QED) is 0.710. The minimum Gasteiger partial charge on any atom is -0.455 e. The van der Waals surface area contributed by atoms with Gasteiger partial charge < -0.3 is 10.1 Å². The first-order chi connectivity index (χ1) is 10.3. The summed E-state index contributed by atoms with van der Waals surface area (Å²) in [5.41, 5.74) is 0.962. The van der Waals surface area contributed by atoms with Crippen LogP contribution >= 0.6 is 11.3 Å². The Morgan fingerprint density at radius 3 is 2.57 bits per heavy atom. The van der Waals surface area contributed by atoms with Gasteiger partial charge in [-0.05, 0) is 31.2 Å². The van der Waals surface area contributed by atoms with Crippen LogP contribution in [0.3, 0.4) is 0 Å². The average Bonchev–Trinajstić information content (AvgIpc) is 3.05. The Kier molecular flexibility index (Phi) is 4.17. The molecule has 0 saturated heterocycles. The highest BCUT2D eigenvalue weighted by Crippen LogP contribution is 2.32. The van der Waals surface area contributed by atoms with Crippen molar-refractivity contribution in [1.29, 1.82) is 0 Å². The summed E-state index contributed by atoms with van der Waals surface area (Å²) in [5, 5.41) is 6.50. The molecule has 2 aromatic carbocycles. The van der Waals surface area contributed by atoms with Crippen molar-refractivity contribution in [3.05, 3.63) is 71.2 Å². The van der Waals surface area contributed by atoms with E-state index >= 15 is 0 Å². The molecule has 1 aromatic heterocycles. The first-order valence-electron chi connectivity index (χ1n) is 6.81. The van der Waals surface area contributed by atoms with Gasteiger partial charge in [0.1, 0.15) is 10.8 Å². The molecule has 0 saturated carbocycles. The standard InChI is InChI=1S/C17H16N2OS/c1-13(17-18-11-12-21-17)19-15-9-5-6-10-16(15)20-14-7-3-2-4-8-14/h2-13,19H,1H3. The van der Waals surface area contributed by atoms with Crippen LogP contribution in [0.1, 0.15) is 18.0 Å². The molecule has 3 rings (SSSR count). The Morgan fingerprint density at radius 2 is 1.81 bits per heavy atom. The molecule has 4 heteroatoms. The summed E-state index contributed by atoms with van der Waals surface area (Å²) in [6.45, 7) is 2.10. The number of nitrogens with one attached hydrogen (secondary N) is 1. The first-order valence-corrected chi connectivity index (χ1v) is 7.69. The fraction of sp³-hybridized carbons (Fsp3) is 0.118. The lowest BCUT2D eigenvalue weighted by Crippen LogP contribution is -2.07. The summed E-state index contributed by atoms with van der Waals surface area (Å²) in [4.78, 5) is 4.34. The highest BCUT2D eigenvalue weighted by Gasteiger charge is 2.11. The molecule has 106 valence electrons. The van der Waals surface area contributed by atoms with Crippen LogP contribution in [0.4, 0.5) is 5.69 Å². The Hall–Kier alpha value is -2.33. The number of benzene rings is 2. The van der Waals surface area contributed by atoms with Crippen molar-refractivity contribution < 1.29 is 4.74 Å². The first kappa shape index (κ1) is 13.6. The molecule has 1 N–H and O–H groups in total. The van der Waals surface area contributed by atoms with E-state index in [1.807, 2.05) is 66.2 Å². The van der Waals surface area contributed by atoms with Gasteiger partial charge in [0.2, 0.25) is 0 Å². The molecule has 3 aromatic rings. The van der Waals surface area contributed by atoms with Gasteiger partial charge in [-0.3, -0.25) is 0 Å². The van der Waals surface area contributed by atoms with E-state index in [2.05, 4.69) is 17.2 Å². The second-order valence-electron chi connectivity index (χ2n) is 4.65. The van der Waals surface area contributed by atoms with Crippen LogP contribution in [0.5, 0.6) is 11.5 Å². The summed E-state index contributed by atoms with van der Waals surface area (Å²) in [5.74, 6) is 1.64. The van der Waals surface area contributed by atoms with Crippen molar-refractivity contribution >= 4 is 17.0 Å². The maximum atomic E-state index is 5.95. The lowest BCUT2D eigenvalue weighted by molar-refractivity contribution is 0.484. The van der Waals surface area contributed by atoms with Gasteiger partial charge in [0.25, 0.3) is 0 Å². The smallest absolute Gasteiger partial charge is 0.150 e. The van der Waals surface area contributed by atoms with E-state index in [9.17, 15) is 0 Å². The molecule has 1 heterocycles. The van der Waals surface area contributed by atoms with Gasteiger partial charge in [-0.25, -0.2) is 4.98 Å². The average molecular weight is 296 g/mol. The number of thiazole rings is 1. The summed E-state index contributed by atoms with van der Waals surface area (Å²) < 4.78 is 5.95. The van der Waals surface area contributed by atoms with Gasteiger partial charge in [0, 0.05) is 11.6 Å². The normalized spacial score (nSPS) is 11.9. The highest BCUT2D eigenvalue weighted by molar-refractivity contribution is 7.09. The molecule has 0 radical (unpaired) electrons. The van der Waals surface area contributed by atoms with Gasteiger partial charge in [-0.2, -0.15) is 0 Å². The van der Waals surface area contributed by atoms with Crippen molar-refractivity contribution in [2.45, 2.75) is 13.0 Å². The van der Waals surface area contributed by atoms with E-state index in [1.165, 1.54) is 0 Å². The minimum absolute atomic E-state index is 0.144. The molecule has 1 atom stereocenters. The van der Waals surface area contributed by atoms with Gasteiger partial charge in [0.15, 0.2) is 5.75 Å². The molecule has 0 bridgehead atoms. The Bertz CT molecular complexity index is 683. The van der Waals surface area contributed by atoms with Gasteiger partial charge in [-0.15, -0.1) is 11.3 Å². The fourth-order valence-corrected chi connectivity index (χ4v) is 2.68. The van der Waals surface area contributed by atoms with Gasteiger partial charge in [0.05, 0.1) is 11.7 Å². The van der Waals surface area contributed by atoms with Crippen molar-refractivity contribution in [2.75, 3.05) is 5.32 Å². The molecular weight excluding hydrogens is 280 g/mol. The number of ether oxygens (including phenoxy) is 1. The van der Waals surface area contributed by atoms with Crippen molar-refractivity contribution in [3.63, 3.8) is 0 Å². The molecule has 0 fully saturated rings. The Balaban J connectivity index is 1.79. The van der Waals surface area contributed by atoms with E-state index in [1.54, 1.807) is 11.3 Å². The number of hydrogen-bond donors (Lipinski definition) is 1. The molecule has 21 heavy (non-hydrogen) atoms. The fourth-order valence-electron chi connectivity index (χ4n) is 2.03. The maximum Gasteiger partial charge on any atom is 0.150 e. The number of rotatable bonds is 5.